The van der Waals surface area contributed by atoms with E-state index in [0.717, 1.165) is 88.3 Å². The molecular weight excluding hydrogens is 536 g/mol. The van der Waals surface area contributed by atoms with Crippen LogP contribution in [-0.2, 0) is 11.8 Å². The van der Waals surface area contributed by atoms with Gasteiger partial charge in [0.05, 0.1) is 18.2 Å². The lowest BCUT2D eigenvalue weighted by atomic mass is 9.71. The normalized spacial score (nSPS) is 20.1. The number of piperidine rings is 3. The van der Waals surface area contributed by atoms with Gasteiger partial charge in [-0.25, -0.2) is 4.79 Å². The second kappa shape index (κ2) is 12.1. The molecule has 230 valence electrons. The van der Waals surface area contributed by atoms with Crippen LogP contribution in [0.15, 0.2) is 24.5 Å². The zero-order valence-electron chi connectivity index (χ0n) is 25.8. The largest absolute Gasteiger partial charge is 0.490 e. The van der Waals surface area contributed by atoms with Crippen LogP contribution < -0.4 is 9.64 Å². The summed E-state index contributed by atoms with van der Waals surface area (Å²) in [5, 5.41) is 16.0. The Morgan fingerprint density at radius 1 is 1.07 bits per heavy atom. The van der Waals surface area contributed by atoms with Gasteiger partial charge in [0.25, 0.3) is 0 Å². The Hall–Kier alpha value is -3.34. The number of hydrogen-bond donors (Lipinski definition) is 0. The van der Waals surface area contributed by atoms with Gasteiger partial charge in [0.1, 0.15) is 5.60 Å². The Bertz CT molecular complexity index is 1260. The van der Waals surface area contributed by atoms with E-state index in [4.69, 9.17) is 9.47 Å². The van der Waals surface area contributed by atoms with E-state index in [2.05, 4.69) is 14.9 Å². The number of aryl methyl sites for hydroxylation is 1. The van der Waals surface area contributed by atoms with Crippen molar-refractivity contribution in [3.05, 3.63) is 34.6 Å². The molecule has 2 aromatic rings. The number of carbonyl (C=O) groups excluding carboxylic acids is 1. The summed E-state index contributed by atoms with van der Waals surface area (Å²) >= 11 is 0. The predicted molar refractivity (Wildman–Crippen MR) is 162 cm³/mol. The fourth-order valence-corrected chi connectivity index (χ4v) is 6.84. The maximum Gasteiger partial charge on any atom is 0.410 e. The number of hydrogen-bond acceptors (Lipinski definition) is 8. The summed E-state index contributed by atoms with van der Waals surface area (Å²) in [7, 11) is 3.33. The lowest BCUT2D eigenvalue weighted by Gasteiger charge is -2.47. The van der Waals surface area contributed by atoms with Crippen LogP contribution in [0.25, 0.3) is 11.1 Å². The Morgan fingerprint density at radius 3 is 2.26 bits per heavy atom. The lowest BCUT2D eigenvalue weighted by molar-refractivity contribution is -0.385. The van der Waals surface area contributed by atoms with Crippen molar-refractivity contribution in [2.75, 3.05) is 57.8 Å². The number of nitrogens with zero attached hydrogens (tertiary/aromatic N) is 6. The molecule has 3 saturated heterocycles. The summed E-state index contributed by atoms with van der Waals surface area (Å²) in [4.78, 5) is 30.7. The Balaban J connectivity index is 1.15. The number of benzene rings is 1. The highest BCUT2D eigenvalue weighted by Crippen LogP contribution is 2.43. The third kappa shape index (κ3) is 6.82. The van der Waals surface area contributed by atoms with E-state index in [9.17, 15) is 14.9 Å². The van der Waals surface area contributed by atoms with Gasteiger partial charge in [0, 0.05) is 74.9 Å². The molecule has 11 heteroatoms. The Kier molecular flexibility index (Phi) is 8.68. The van der Waals surface area contributed by atoms with Crippen molar-refractivity contribution in [3.63, 3.8) is 0 Å². The predicted octanol–water partition coefficient (Wildman–Crippen LogP) is 5.33. The highest BCUT2D eigenvalue weighted by Gasteiger charge is 2.40. The van der Waals surface area contributed by atoms with Crippen molar-refractivity contribution in [3.8, 4) is 16.9 Å². The van der Waals surface area contributed by atoms with Gasteiger partial charge in [0.2, 0.25) is 0 Å². The van der Waals surface area contributed by atoms with Crippen molar-refractivity contribution >= 4 is 17.5 Å². The summed E-state index contributed by atoms with van der Waals surface area (Å²) in [6.07, 6.45) is 10.2. The summed E-state index contributed by atoms with van der Waals surface area (Å²) in [6.45, 7) is 12.5. The Labute approximate surface area is 248 Å². The van der Waals surface area contributed by atoms with Gasteiger partial charge in [-0.2, -0.15) is 5.10 Å². The number of aromatic nitrogens is 2. The van der Waals surface area contributed by atoms with Crippen LogP contribution in [0.4, 0.5) is 16.2 Å². The molecule has 0 aliphatic carbocycles. The molecule has 1 aromatic carbocycles. The van der Waals surface area contributed by atoms with Gasteiger partial charge < -0.3 is 24.2 Å². The topological polar surface area (TPSA) is 106 Å². The van der Waals surface area contributed by atoms with E-state index in [0.29, 0.717) is 11.3 Å². The maximum absolute atomic E-state index is 12.5. The van der Waals surface area contributed by atoms with Gasteiger partial charge in [0.15, 0.2) is 5.75 Å². The molecule has 1 aromatic heterocycles. The van der Waals surface area contributed by atoms with Crippen molar-refractivity contribution in [2.45, 2.75) is 64.9 Å². The first-order valence-corrected chi connectivity index (χ1v) is 15.3. The van der Waals surface area contributed by atoms with Crippen LogP contribution >= 0.6 is 0 Å². The summed E-state index contributed by atoms with van der Waals surface area (Å²) in [5.41, 5.74) is 2.50. The number of nitro groups is 1. The van der Waals surface area contributed by atoms with Gasteiger partial charge in [-0.15, -0.1) is 0 Å². The third-order valence-corrected chi connectivity index (χ3v) is 9.37. The SMILES string of the molecule is COc1cc(N2CCC(CN3CCC4(CC3)CCN(C(=O)OC(C)(C)C)CC4)CC2)c(-c2cnn(C)c2)cc1[N+](=O)[O-]. The molecule has 3 aliphatic heterocycles. The zero-order chi connectivity index (χ0) is 30.1. The van der Waals surface area contributed by atoms with E-state index >= 15 is 0 Å². The second-order valence-electron chi connectivity index (χ2n) is 13.4. The Morgan fingerprint density at radius 2 is 1.71 bits per heavy atom. The van der Waals surface area contributed by atoms with E-state index in [1.807, 2.05) is 45.0 Å². The van der Waals surface area contributed by atoms with Crippen molar-refractivity contribution in [2.24, 2.45) is 18.4 Å². The quantitative estimate of drug-likeness (QED) is 0.332. The number of carbonyl (C=O) groups is 1. The highest BCUT2D eigenvalue weighted by atomic mass is 16.6. The first-order valence-electron chi connectivity index (χ1n) is 15.3. The summed E-state index contributed by atoms with van der Waals surface area (Å²) in [6, 6.07) is 3.44. The van der Waals surface area contributed by atoms with Crippen LogP contribution in [0.3, 0.4) is 0 Å². The third-order valence-electron chi connectivity index (χ3n) is 9.37. The van der Waals surface area contributed by atoms with E-state index in [-0.39, 0.29) is 22.5 Å². The molecule has 1 spiro atoms. The van der Waals surface area contributed by atoms with Gasteiger partial charge >= 0.3 is 11.8 Å². The molecule has 0 radical (unpaired) electrons. The average molecular weight is 583 g/mol. The minimum atomic E-state index is -0.454. The molecule has 3 aliphatic rings. The molecule has 0 N–H and O–H groups in total. The molecule has 42 heavy (non-hydrogen) atoms. The number of amides is 1. The summed E-state index contributed by atoms with van der Waals surface area (Å²) < 4.78 is 12.7. The van der Waals surface area contributed by atoms with Gasteiger partial charge in [-0.1, -0.05) is 0 Å². The first-order chi connectivity index (χ1) is 19.9. The van der Waals surface area contributed by atoms with Crippen LogP contribution in [0.1, 0.15) is 59.3 Å². The molecule has 3 fully saturated rings. The molecule has 11 nitrogen and oxygen atoms in total. The van der Waals surface area contributed by atoms with Crippen LogP contribution in [0.5, 0.6) is 5.75 Å². The molecule has 1 amide bonds. The lowest BCUT2D eigenvalue weighted by Crippen LogP contribution is -2.50. The van der Waals surface area contributed by atoms with Crippen LogP contribution in [0.2, 0.25) is 0 Å². The van der Waals surface area contributed by atoms with Crippen molar-refractivity contribution < 1.29 is 19.2 Å². The number of nitro benzene ring substituents is 1. The van der Waals surface area contributed by atoms with Crippen molar-refractivity contribution in [1.29, 1.82) is 0 Å². The number of likely N-dealkylation sites (tertiary alicyclic amines) is 2. The number of rotatable bonds is 6. The number of ether oxygens (including phenoxy) is 2. The fraction of sp³-hybridized carbons (Fsp3) is 0.677. The monoisotopic (exact) mass is 582 g/mol. The van der Waals surface area contributed by atoms with Crippen LogP contribution in [0, 0.1) is 21.4 Å². The minimum Gasteiger partial charge on any atom is -0.490 e. The smallest absolute Gasteiger partial charge is 0.410 e. The second-order valence-corrected chi connectivity index (χ2v) is 13.4. The van der Waals surface area contributed by atoms with Crippen LogP contribution in [-0.4, -0.2) is 89.1 Å². The van der Waals surface area contributed by atoms with E-state index in [1.165, 1.54) is 20.0 Å². The molecule has 4 heterocycles. The molecule has 0 unspecified atom stereocenters. The van der Waals surface area contributed by atoms with Gasteiger partial charge in [-0.05, 0) is 83.7 Å². The maximum atomic E-state index is 12.5. The fourth-order valence-electron chi connectivity index (χ4n) is 6.84. The number of methoxy groups -OCH3 is 1. The van der Waals surface area contributed by atoms with E-state index in [1.54, 1.807) is 16.9 Å². The molecule has 0 atom stereocenters. The molecular formula is C31H46N6O5. The van der Waals surface area contributed by atoms with Gasteiger partial charge in [-0.3, -0.25) is 14.8 Å². The number of anilines is 1. The molecule has 0 saturated carbocycles. The van der Waals surface area contributed by atoms with E-state index < -0.39 is 5.60 Å². The van der Waals surface area contributed by atoms with Crippen molar-refractivity contribution in [1.82, 2.24) is 19.6 Å². The zero-order valence-corrected chi connectivity index (χ0v) is 25.8. The summed E-state index contributed by atoms with van der Waals surface area (Å²) in [5.74, 6) is 0.912. The standard InChI is InChI=1S/C31H46N6O5/c1-30(2,3)42-29(38)36-16-10-31(11-17-36)8-14-34(15-9-31)21-23-6-12-35(13-7-23)26-19-28(41-5)27(37(39)40)18-25(26)24-20-32-33(4)22-24/h18-20,22-23H,6-17,21H2,1-5H3. The average Bonchev–Trinajstić information content (AvgIpc) is 3.39. The molecule has 5 rings (SSSR count). The first kappa shape index (κ1) is 30.1. The highest BCUT2D eigenvalue weighted by molar-refractivity contribution is 5.82. The minimum absolute atomic E-state index is 0.0339. The molecule has 0 bridgehead atoms.